The lowest BCUT2D eigenvalue weighted by molar-refractivity contribution is 0.110. The van der Waals surface area contributed by atoms with Crippen molar-refractivity contribution < 1.29 is 10.2 Å². The van der Waals surface area contributed by atoms with Crippen LogP contribution in [0, 0.1) is 5.92 Å². The van der Waals surface area contributed by atoms with Crippen molar-refractivity contribution in [3.05, 3.63) is 23.4 Å². The molecule has 0 spiro atoms. The van der Waals surface area contributed by atoms with E-state index in [0.717, 1.165) is 55.8 Å². The number of hydrogen-bond acceptors (Lipinski definition) is 4. The Kier molecular flexibility index (Phi) is 5.38. The molecule has 2 rings (SSSR count). The van der Waals surface area contributed by atoms with Gasteiger partial charge in [-0.25, -0.2) is 4.98 Å². The maximum atomic E-state index is 9.66. The monoisotopic (exact) mass is 278 g/mol. The summed E-state index contributed by atoms with van der Waals surface area (Å²) in [6, 6.07) is 3.98. The molecule has 0 bridgehead atoms. The Morgan fingerprint density at radius 1 is 1.35 bits per heavy atom. The van der Waals surface area contributed by atoms with Crippen LogP contribution in [-0.4, -0.2) is 34.4 Å². The minimum Gasteiger partial charge on any atom is -0.393 e. The first kappa shape index (κ1) is 15.3. The molecule has 0 aliphatic carbocycles. The summed E-state index contributed by atoms with van der Waals surface area (Å²) >= 11 is 0. The van der Waals surface area contributed by atoms with E-state index in [0.29, 0.717) is 5.92 Å². The molecule has 0 amide bonds. The Morgan fingerprint density at radius 3 is 2.60 bits per heavy atom. The first-order valence-corrected chi connectivity index (χ1v) is 7.67. The number of piperidine rings is 1. The number of aryl methyl sites for hydroxylation is 1. The fraction of sp³-hybridized carbons (Fsp3) is 0.688. The van der Waals surface area contributed by atoms with E-state index in [4.69, 9.17) is 4.98 Å². The van der Waals surface area contributed by atoms with E-state index in [2.05, 4.69) is 11.8 Å². The Bertz CT molecular complexity index is 426. The minimum absolute atomic E-state index is 0.0658. The van der Waals surface area contributed by atoms with Gasteiger partial charge in [0.2, 0.25) is 0 Å². The molecule has 1 saturated heterocycles. The first-order valence-electron chi connectivity index (χ1n) is 7.67. The van der Waals surface area contributed by atoms with Crippen LogP contribution in [-0.2, 0) is 13.0 Å². The highest BCUT2D eigenvalue weighted by atomic mass is 16.3. The van der Waals surface area contributed by atoms with E-state index in [1.165, 1.54) is 0 Å². The fourth-order valence-electron chi connectivity index (χ4n) is 2.88. The number of aliphatic hydroxyl groups excluding tert-OH is 2. The highest BCUT2D eigenvalue weighted by Crippen LogP contribution is 2.25. The molecule has 1 aliphatic rings. The molecule has 4 heteroatoms. The summed E-state index contributed by atoms with van der Waals surface area (Å²) in [6.45, 7) is 5.95. The molecular formula is C16H26N2O2. The van der Waals surface area contributed by atoms with Gasteiger partial charge in [-0.1, -0.05) is 13.3 Å². The Balaban J connectivity index is 2.10. The van der Waals surface area contributed by atoms with Crippen LogP contribution < -0.4 is 4.90 Å². The van der Waals surface area contributed by atoms with Crippen LogP contribution in [0.15, 0.2) is 12.1 Å². The molecular weight excluding hydrogens is 252 g/mol. The van der Waals surface area contributed by atoms with Crippen LogP contribution in [0.3, 0.4) is 0 Å². The van der Waals surface area contributed by atoms with Crippen LogP contribution in [0.2, 0.25) is 0 Å². The molecule has 1 atom stereocenters. The van der Waals surface area contributed by atoms with Gasteiger partial charge in [-0.15, -0.1) is 0 Å². The summed E-state index contributed by atoms with van der Waals surface area (Å²) < 4.78 is 0. The van der Waals surface area contributed by atoms with Crippen molar-refractivity contribution in [1.29, 1.82) is 0 Å². The maximum Gasteiger partial charge on any atom is 0.129 e. The summed E-state index contributed by atoms with van der Waals surface area (Å²) in [5.41, 5.74) is 2.00. The topological polar surface area (TPSA) is 56.6 Å². The van der Waals surface area contributed by atoms with Crippen molar-refractivity contribution in [2.75, 3.05) is 18.0 Å². The van der Waals surface area contributed by atoms with Crippen molar-refractivity contribution in [2.45, 2.75) is 52.2 Å². The van der Waals surface area contributed by atoms with Crippen LogP contribution in [0.4, 0.5) is 5.82 Å². The molecule has 0 saturated carbocycles. The molecule has 0 aromatic carbocycles. The van der Waals surface area contributed by atoms with Gasteiger partial charge < -0.3 is 15.1 Å². The molecule has 1 fully saturated rings. The summed E-state index contributed by atoms with van der Waals surface area (Å²) in [7, 11) is 0. The summed E-state index contributed by atoms with van der Waals surface area (Å²) in [4.78, 5) is 6.99. The van der Waals surface area contributed by atoms with E-state index < -0.39 is 0 Å². The second-order valence-electron chi connectivity index (χ2n) is 5.80. The van der Waals surface area contributed by atoms with Gasteiger partial charge in [0.05, 0.1) is 12.7 Å². The average Bonchev–Trinajstić information content (AvgIpc) is 2.47. The number of nitrogens with zero attached hydrogens (tertiary/aromatic N) is 2. The Labute approximate surface area is 121 Å². The average molecular weight is 278 g/mol. The van der Waals surface area contributed by atoms with Crippen LogP contribution in [0.1, 0.15) is 44.4 Å². The zero-order chi connectivity index (χ0) is 14.5. The van der Waals surface area contributed by atoms with Gasteiger partial charge in [0.1, 0.15) is 5.82 Å². The maximum absolute atomic E-state index is 9.66. The minimum atomic E-state index is -0.218. The molecule has 20 heavy (non-hydrogen) atoms. The number of hydrogen-bond donors (Lipinski definition) is 2. The van der Waals surface area contributed by atoms with Crippen molar-refractivity contribution in [3.8, 4) is 0 Å². The van der Waals surface area contributed by atoms with Gasteiger partial charge in [0, 0.05) is 18.8 Å². The van der Waals surface area contributed by atoms with Crippen molar-refractivity contribution >= 4 is 5.82 Å². The highest BCUT2D eigenvalue weighted by molar-refractivity contribution is 5.43. The summed E-state index contributed by atoms with van der Waals surface area (Å²) in [6.07, 6.45) is 3.80. The largest absolute Gasteiger partial charge is 0.393 e. The third-order valence-electron chi connectivity index (χ3n) is 4.16. The predicted molar refractivity (Wildman–Crippen MR) is 80.8 cm³/mol. The lowest BCUT2D eigenvalue weighted by atomic mass is 9.92. The quantitative estimate of drug-likeness (QED) is 0.866. The molecule has 4 nitrogen and oxygen atoms in total. The molecule has 2 heterocycles. The van der Waals surface area contributed by atoms with Gasteiger partial charge in [-0.2, -0.15) is 0 Å². The summed E-state index contributed by atoms with van der Waals surface area (Å²) in [5.74, 6) is 1.38. The van der Waals surface area contributed by atoms with Gasteiger partial charge in [0.25, 0.3) is 0 Å². The molecule has 2 N–H and O–H groups in total. The Morgan fingerprint density at radius 2 is 2.05 bits per heavy atom. The summed E-state index contributed by atoms with van der Waals surface area (Å²) in [5, 5.41) is 19.1. The number of aromatic nitrogens is 1. The number of rotatable bonds is 5. The van der Waals surface area contributed by atoms with E-state index >= 15 is 0 Å². The van der Waals surface area contributed by atoms with Crippen LogP contribution in [0.25, 0.3) is 0 Å². The van der Waals surface area contributed by atoms with Crippen molar-refractivity contribution in [1.82, 2.24) is 4.98 Å². The van der Waals surface area contributed by atoms with Gasteiger partial charge in [-0.3, -0.25) is 0 Å². The zero-order valence-electron chi connectivity index (χ0n) is 12.5. The van der Waals surface area contributed by atoms with E-state index in [-0.39, 0.29) is 12.7 Å². The molecule has 1 aromatic rings. The van der Waals surface area contributed by atoms with Gasteiger partial charge in [-0.05, 0) is 49.8 Å². The molecule has 112 valence electrons. The number of pyridine rings is 1. The molecule has 0 radical (unpaired) electrons. The van der Waals surface area contributed by atoms with Gasteiger partial charge in [0.15, 0.2) is 0 Å². The third kappa shape index (κ3) is 3.70. The highest BCUT2D eigenvalue weighted by Gasteiger charge is 2.23. The standard InChI is InChI=1S/C16H26N2O2/c1-3-4-15-9-13(11-19)10-16(17-15)18-7-5-14(6-8-18)12(2)20/h9-10,12,14,19-20H,3-8,11H2,1-2H3. The Hall–Kier alpha value is -1.13. The lowest BCUT2D eigenvalue weighted by Gasteiger charge is -2.34. The van der Waals surface area contributed by atoms with E-state index in [1.807, 2.05) is 19.1 Å². The second kappa shape index (κ2) is 7.04. The predicted octanol–water partition coefficient (Wildman–Crippen LogP) is 2.12. The normalized spacial score (nSPS) is 18.3. The van der Waals surface area contributed by atoms with Crippen LogP contribution >= 0.6 is 0 Å². The number of aliphatic hydroxyl groups is 2. The smallest absolute Gasteiger partial charge is 0.129 e. The zero-order valence-corrected chi connectivity index (χ0v) is 12.5. The van der Waals surface area contributed by atoms with Crippen molar-refractivity contribution in [3.63, 3.8) is 0 Å². The van der Waals surface area contributed by atoms with E-state index in [9.17, 15) is 10.2 Å². The van der Waals surface area contributed by atoms with E-state index in [1.54, 1.807) is 0 Å². The fourth-order valence-corrected chi connectivity index (χ4v) is 2.88. The molecule has 1 aromatic heterocycles. The molecule has 1 aliphatic heterocycles. The van der Waals surface area contributed by atoms with Gasteiger partial charge >= 0.3 is 0 Å². The lowest BCUT2D eigenvalue weighted by Crippen LogP contribution is -2.37. The third-order valence-corrected chi connectivity index (χ3v) is 4.16. The number of anilines is 1. The first-order chi connectivity index (χ1) is 9.63. The van der Waals surface area contributed by atoms with Crippen LogP contribution in [0.5, 0.6) is 0 Å². The van der Waals surface area contributed by atoms with Crippen molar-refractivity contribution in [2.24, 2.45) is 5.92 Å². The second-order valence-corrected chi connectivity index (χ2v) is 5.80. The SMILES string of the molecule is CCCc1cc(CO)cc(N2CCC(C(C)O)CC2)n1. The molecule has 1 unspecified atom stereocenters.